The highest BCUT2D eigenvalue weighted by atomic mass is 16.5. The van der Waals surface area contributed by atoms with Gasteiger partial charge in [0.15, 0.2) is 0 Å². The molecule has 2 N–H and O–H groups in total. The molecule has 0 radical (unpaired) electrons. The molecule has 0 spiro atoms. The van der Waals surface area contributed by atoms with Gasteiger partial charge in [0.25, 0.3) is 0 Å². The summed E-state index contributed by atoms with van der Waals surface area (Å²) in [7, 11) is 0. The van der Waals surface area contributed by atoms with Gasteiger partial charge in [0.2, 0.25) is 0 Å². The van der Waals surface area contributed by atoms with Crippen molar-refractivity contribution >= 4 is 0 Å². The summed E-state index contributed by atoms with van der Waals surface area (Å²) in [5, 5.41) is 0. The zero-order chi connectivity index (χ0) is 12.1. The molecule has 2 atom stereocenters. The standard InChI is InChI=1S/C14H22N2O/c1-11-4-2-3-5-14(11)17-10-12-6-7-16-13(8-12)9-15/h6-8,11,14H,2-5,9-10,15H2,1H3. The van der Waals surface area contributed by atoms with Gasteiger partial charge in [-0.3, -0.25) is 4.98 Å². The van der Waals surface area contributed by atoms with Crippen molar-refractivity contribution in [3.63, 3.8) is 0 Å². The van der Waals surface area contributed by atoms with Crippen LogP contribution in [0.2, 0.25) is 0 Å². The molecular weight excluding hydrogens is 212 g/mol. The predicted molar refractivity (Wildman–Crippen MR) is 68.3 cm³/mol. The first-order chi connectivity index (χ1) is 8.29. The van der Waals surface area contributed by atoms with Gasteiger partial charge in [0, 0.05) is 12.7 Å². The van der Waals surface area contributed by atoms with E-state index < -0.39 is 0 Å². The predicted octanol–water partition coefficient (Wildman–Crippen LogP) is 2.64. The molecule has 1 saturated carbocycles. The van der Waals surface area contributed by atoms with E-state index in [2.05, 4.69) is 11.9 Å². The number of hydrogen-bond donors (Lipinski definition) is 1. The van der Waals surface area contributed by atoms with Crippen LogP contribution in [-0.2, 0) is 17.9 Å². The van der Waals surface area contributed by atoms with E-state index in [0.717, 1.165) is 5.69 Å². The highest BCUT2D eigenvalue weighted by Crippen LogP contribution is 2.26. The van der Waals surface area contributed by atoms with Gasteiger partial charge in [-0.2, -0.15) is 0 Å². The molecule has 0 aliphatic heterocycles. The van der Waals surface area contributed by atoms with Crippen LogP contribution in [0.1, 0.15) is 43.9 Å². The first-order valence-electron chi connectivity index (χ1n) is 6.55. The van der Waals surface area contributed by atoms with Crippen LogP contribution in [0.25, 0.3) is 0 Å². The zero-order valence-electron chi connectivity index (χ0n) is 10.6. The first kappa shape index (κ1) is 12.5. The third-order valence-electron chi connectivity index (χ3n) is 3.59. The summed E-state index contributed by atoms with van der Waals surface area (Å²) in [4.78, 5) is 4.19. The smallest absolute Gasteiger partial charge is 0.0721 e. The van der Waals surface area contributed by atoms with E-state index in [9.17, 15) is 0 Å². The molecule has 1 aliphatic rings. The van der Waals surface area contributed by atoms with Crippen molar-refractivity contribution in [1.82, 2.24) is 4.98 Å². The maximum absolute atomic E-state index is 6.01. The van der Waals surface area contributed by atoms with Gasteiger partial charge in [-0.1, -0.05) is 19.8 Å². The summed E-state index contributed by atoms with van der Waals surface area (Å²) in [6, 6.07) is 4.04. The van der Waals surface area contributed by atoms with E-state index in [4.69, 9.17) is 10.5 Å². The molecule has 1 heterocycles. The van der Waals surface area contributed by atoms with Crippen molar-refractivity contribution in [2.75, 3.05) is 0 Å². The lowest BCUT2D eigenvalue weighted by Crippen LogP contribution is -2.25. The second-order valence-corrected chi connectivity index (χ2v) is 4.97. The van der Waals surface area contributed by atoms with Crippen molar-refractivity contribution in [3.8, 4) is 0 Å². The molecule has 1 aliphatic carbocycles. The van der Waals surface area contributed by atoms with Crippen molar-refractivity contribution < 1.29 is 4.74 Å². The quantitative estimate of drug-likeness (QED) is 0.871. The molecular formula is C14H22N2O. The van der Waals surface area contributed by atoms with Gasteiger partial charge in [-0.25, -0.2) is 0 Å². The molecule has 17 heavy (non-hydrogen) atoms. The third kappa shape index (κ3) is 3.51. The van der Waals surface area contributed by atoms with E-state index >= 15 is 0 Å². The summed E-state index contributed by atoms with van der Waals surface area (Å²) < 4.78 is 6.01. The summed E-state index contributed by atoms with van der Waals surface area (Å²) in [6.07, 6.45) is 7.40. The number of hydrogen-bond acceptors (Lipinski definition) is 3. The maximum Gasteiger partial charge on any atom is 0.0721 e. The van der Waals surface area contributed by atoms with Gasteiger partial charge in [0.05, 0.1) is 18.4 Å². The molecule has 1 aromatic rings. The van der Waals surface area contributed by atoms with Gasteiger partial charge in [-0.05, 0) is 36.5 Å². The second-order valence-electron chi connectivity index (χ2n) is 4.97. The Bertz CT molecular complexity index is 354. The van der Waals surface area contributed by atoms with Crippen molar-refractivity contribution in [1.29, 1.82) is 0 Å². The minimum absolute atomic E-state index is 0.429. The largest absolute Gasteiger partial charge is 0.373 e. The fourth-order valence-corrected chi connectivity index (χ4v) is 2.46. The van der Waals surface area contributed by atoms with Crippen LogP contribution >= 0.6 is 0 Å². The minimum Gasteiger partial charge on any atom is -0.373 e. The Balaban J connectivity index is 1.88. The molecule has 1 fully saturated rings. The Labute approximate surface area is 103 Å². The van der Waals surface area contributed by atoms with Crippen LogP contribution in [0.4, 0.5) is 0 Å². The molecule has 2 unspecified atom stereocenters. The number of ether oxygens (including phenoxy) is 1. The zero-order valence-corrected chi connectivity index (χ0v) is 10.6. The number of rotatable bonds is 4. The number of aromatic nitrogens is 1. The fourth-order valence-electron chi connectivity index (χ4n) is 2.46. The van der Waals surface area contributed by atoms with Crippen LogP contribution < -0.4 is 5.73 Å². The molecule has 94 valence electrons. The van der Waals surface area contributed by atoms with Crippen LogP contribution in [0.3, 0.4) is 0 Å². The van der Waals surface area contributed by atoms with Crippen molar-refractivity contribution in [3.05, 3.63) is 29.6 Å². The van der Waals surface area contributed by atoms with Crippen LogP contribution in [0.15, 0.2) is 18.3 Å². The molecule has 0 bridgehead atoms. The van der Waals surface area contributed by atoms with E-state index in [1.165, 1.54) is 31.2 Å². The lowest BCUT2D eigenvalue weighted by Gasteiger charge is -2.28. The maximum atomic E-state index is 6.01. The summed E-state index contributed by atoms with van der Waals surface area (Å²) >= 11 is 0. The van der Waals surface area contributed by atoms with Gasteiger partial charge < -0.3 is 10.5 Å². The van der Waals surface area contributed by atoms with Crippen molar-refractivity contribution in [2.45, 2.75) is 51.9 Å². The monoisotopic (exact) mass is 234 g/mol. The van der Waals surface area contributed by atoms with Crippen LogP contribution in [-0.4, -0.2) is 11.1 Å². The molecule has 3 heteroatoms. The highest BCUT2D eigenvalue weighted by molar-refractivity contribution is 5.15. The van der Waals surface area contributed by atoms with Crippen LogP contribution in [0.5, 0.6) is 0 Å². The van der Waals surface area contributed by atoms with E-state index in [-0.39, 0.29) is 0 Å². The summed E-state index contributed by atoms with van der Waals surface area (Å²) in [5.41, 5.74) is 7.69. The number of nitrogens with two attached hydrogens (primary N) is 1. The third-order valence-corrected chi connectivity index (χ3v) is 3.59. The SMILES string of the molecule is CC1CCCCC1OCc1ccnc(CN)c1. The summed E-state index contributed by atoms with van der Waals surface area (Å²) in [5.74, 6) is 0.694. The highest BCUT2D eigenvalue weighted by Gasteiger charge is 2.21. The average Bonchev–Trinajstić information content (AvgIpc) is 2.38. The Morgan fingerprint density at radius 2 is 2.24 bits per heavy atom. The van der Waals surface area contributed by atoms with E-state index in [0.29, 0.717) is 25.2 Å². The lowest BCUT2D eigenvalue weighted by atomic mass is 9.88. The topological polar surface area (TPSA) is 48.1 Å². The van der Waals surface area contributed by atoms with Crippen molar-refractivity contribution in [2.24, 2.45) is 11.7 Å². The fraction of sp³-hybridized carbons (Fsp3) is 0.643. The molecule has 0 aromatic carbocycles. The Morgan fingerprint density at radius 1 is 1.41 bits per heavy atom. The lowest BCUT2D eigenvalue weighted by molar-refractivity contribution is -0.0155. The molecule has 0 amide bonds. The first-order valence-corrected chi connectivity index (χ1v) is 6.55. The second kappa shape index (κ2) is 6.12. The molecule has 2 rings (SSSR count). The van der Waals surface area contributed by atoms with Crippen LogP contribution in [0, 0.1) is 5.92 Å². The minimum atomic E-state index is 0.429. The van der Waals surface area contributed by atoms with Gasteiger partial charge >= 0.3 is 0 Å². The van der Waals surface area contributed by atoms with Gasteiger partial charge in [-0.15, -0.1) is 0 Å². The van der Waals surface area contributed by atoms with Gasteiger partial charge in [0.1, 0.15) is 0 Å². The Kier molecular flexibility index (Phi) is 4.51. The normalized spacial score (nSPS) is 24.8. The molecule has 0 saturated heterocycles. The average molecular weight is 234 g/mol. The van der Waals surface area contributed by atoms with E-state index in [1.54, 1.807) is 0 Å². The number of nitrogens with zero attached hydrogens (tertiary/aromatic N) is 1. The van der Waals surface area contributed by atoms with E-state index in [1.807, 2.05) is 18.3 Å². The Morgan fingerprint density at radius 3 is 3.00 bits per heavy atom. The Hall–Kier alpha value is -0.930. The molecule has 3 nitrogen and oxygen atoms in total. The molecule has 1 aromatic heterocycles. The number of pyridine rings is 1. The summed E-state index contributed by atoms with van der Waals surface area (Å²) in [6.45, 7) is 3.47.